The molecule has 0 atom stereocenters. The van der Waals surface area contributed by atoms with E-state index in [0.29, 0.717) is 5.69 Å². The minimum Gasteiger partial charge on any atom is -0.320 e. The number of carbonyl (C=O) groups is 1. The van der Waals surface area contributed by atoms with Crippen LogP contribution in [0.15, 0.2) is 96.0 Å². The van der Waals surface area contributed by atoms with Crippen LogP contribution in [0.1, 0.15) is 16.1 Å². The van der Waals surface area contributed by atoms with Gasteiger partial charge in [-0.2, -0.15) is 18.3 Å². The molecule has 1 heterocycles. The summed E-state index contributed by atoms with van der Waals surface area (Å²) in [5.74, 6) is -0.533. The lowest BCUT2D eigenvalue weighted by Crippen LogP contribution is -2.17. The van der Waals surface area contributed by atoms with E-state index in [1.807, 2.05) is 0 Å². The molecule has 3 aromatic carbocycles. The Morgan fingerprint density at radius 1 is 0.824 bits per heavy atom. The molecule has 4 aromatic rings. The summed E-state index contributed by atoms with van der Waals surface area (Å²) in [5, 5.41) is 6.14. The second-order valence-electron chi connectivity index (χ2n) is 7.11. The SMILES string of the molecule is O=C(Nc1ccccc1NS(=O)(=O)c1ccccc1)c1ccc(-n2ccc(C(F)(F)F)n2)cc1. The zero-order chi connectivity index (χ0) is 24.3. The van der Waals surface area contributed by atoms with Crippen molar-refractivity contribution < 1.29 is 26.4 Å². The Labute approximate surface area is 192 Å². The molecule has 0 aliphatic carbocycles. The number of anilines is 2. The van der Waals surface area contributed by atoms with E-state index >= 15 is 0 Å². The molecular weight excluding hydrogens is 469 g/mol. The van der Waals surface area contributed by atoms with Gasteiger partial charge in [-0.3, -0.25) is 9.52 Å². The van der Waals surface area contributed by atoms with E-state index in [1.165, 1.54) is 54.7 Å². The molecule has 11 heteroatoms. The highest BCUT2D eigenvalue weighted by molar-refractivity contribution is 7.92. The Bertz CT molecular complexity index is 1420. The van der Waals surface area contributed by atoms with Gasteiger partial charge in [0.1, 0.15) is 0 Å². The van der Waals surface area contributed by atoms with Crippen molar-refractivity contribution in [2.24, 2.45) is 0 Å². The summed E-state index contributed by atoms with van der Waals surface area (Å²) in [5.41, 5.74) is -0.0647. The summed E-state index contributed by atoms with van der Waals surface area (Å²) < 4.78 is 67.1. The highest BCUT2D eigenvalue weighted by Crippen LogP contribution is 2.28. The molecule has 2 N–H and O–H groups in total. The number of aromatic nitrogens is 2. The third kappa shape index (κ3) is 5.09. The molecule has 0 saturated carbocycles. The van der Waals surface area contributed by atoms with Gasteiger partial charge in [0.05, 0.1) is 22.0 Å². The molecule has 0 radical (unpaired) electrons. The van der Waals surface area contributed by atoms with E-state index in [4.69, 9.17) is 0 Å². The van der Waals surface area contributed by atoms with Crippen LogP contribution in [0.3, 0.4) is 0 Å². The maximum absolute atomic E-state index is 12.8. The van der Waals surface area contributed by atoms with Gasteiger partial charge in [0.15, 0.2) is 5.69 Å². The van der Waals surface area contributed by atoms with Gasteiger partial charge in [0.2, 0.25) is 0 Å². The summed E-state index contributed by atoms with van der Waals surface area (Å²) >= 11 is 0. The minimum atomic E-state index is -4.56. The topological polar surface area (TPSA) is 93.1 Å². The zero-order valence-electron chi connectivity index (χ0n) is 17.3. The maximum Gasteiger partial charge on any atom is 0.435 e. The van der Waals surface area contributed by atoms with E-state index < -0.39 is 27.8 Å². The summed E-state index contributed by atoms with van der Waals surface area (Å²) in [6.07, 6.45) is -3.38. The van der Waals surface area contributed by atoms with Gasteiger partial charge in [0, 0.05) is 11.8 Å². The fourth-order valence-corrected chi connectivity index (χ4v) is 4.16. The molecule has 0 spiro atoms. The van der Waals surface area contributed by atoms with Crippen molar-refractivity contribution >= 4 is 27.3 Å². The number of amides is 1. The van der Waals surface area contributed by atoms with Crippen LogP contribution in [0.5, 0.6) is 0 Å². The monoisotopic (exact) mass is 486 g/mol. The molecule has 0 saturated heterocycles. The Balaban J connectivity index is 1.51. The summed E-state index contributed by atoms with van der Waals surface area (Å²) in [6.45, 7) is 0. The van der Waals surface area contributed by atoms with Crippen molar-refractivity contribution in [1.82, 2.24) is 9.78 Å². The largest absolute Gasteiger partial charge is 0.435 e. The lowest BCUT2D eigenvalue weighted by atomic mass is 10.2. The highest BCUT2D eigenvalue weighted by atomic mass is 32.2. The van der Waals surface area contributed by atoms with Crippen molar-refractivity contribution in [1.29, 1.82) is 0 Å². The lowest BCUT2D eigenvalue weighted by molar-refractivity contribution is -0.141. The molecule has 0 unspecified atom stereocenters. The average Bonchev–Trinajstić information content (AvgIpc) is 3.32. The predicted octanol–water partition coefficient (Wildman–Crippen LogP) is 4.94. The Morgan fingerprint density at radius 3 is 2.06 bits per heavy atom. The second-order valence-corrected chi connectivity index (χ2v) is 8.79. The molecule has 4 rings (SSSR count). The van der Waals surface area contributed by atoms with Crippen molar-refractivity contribution in [3.05, 3.63) is 102 Å². The average molecular weight is 486 g/mol. The van der Waals surface area contributed by atoms with Crippen LogP contribution >= 0.6 is 0 Å². The quantitative estimate of drug-likeness (QED) is 0.404. The third-order valence-electron chi connectivity index (χ3n) is 4.75. The van der Waals surface area contributed by atoms with Crippen molar-refractivity contribution in [3.8, 4) is 5.69 Å². The Morgan fingerprint density at radius 2 is 1.44 bits per heavy atom. The number of benzene rings is 3. The van der Waals surface area contributed by atoms with Crippen LogP contribution in [0.25, 0.3) is 5.69 Å². The first-order valence-corrected chi connectivity index (χ1v) is 11.3. The molecule has 34 heavy (non-hydrogen) atoms. The van der Waals surface area contributed by atoms with Crippen molar-refractivity contribution in [3.63, 3.8) is 0 Å². The zero-order valence-corrected chi connectivity index (χ0v) is 18.1. The minimum absolute atomic E-state index is 0.0685. The fraction of sp³-hybridized carbons (Fsp3) is 0.0435. The smallest absolute Gasteiger partial charge is 0.320 e. The van der Waals surface area contributed by atoms with Crippen LogP contribution in [0, 0.1) is 0 Å². The van der Waals surface area contributed by atoms with E-state index in [1.54, 1.807) is 30.3 Å². The number of hydrogen-bond donors (Lipinski definition) is 2. The highest BCUT2D eigenvalue weighted by Gasteiger charge is 2.33. The standard InChI is InChI=1S/C23H17F3N4O3S/c24-23(25,26)21-14-15-30(28-21)17-12-10-16(11-13-17)22(31)27-19-8-4-5-9-20(19)29-34(32,33)18-6-2-1-3-7-18/h1-15,29H,(H,27,31). The number of nitrogens with zero attached hydrogens (tertiary/aromatic N) is 2. The van der Waals surface area contributed by atoms with Gasteiger partial charge in [-0.25, -0.2) is 13.1 Å². The molecular formula is C23H17F3N4O3S. The predicted molar refractivity (Wildman–Crippen MR) is 120 cm³/mol. The number of para-hydroxylation sites is 2. The third-order valence-corrected chi connectivity index (χ3v) is 6.13. The van der Waals surface area contributed by atoms with Gasteiger partial charge in [0.25, 0.3) is 15.9 Å². The Kier molecular flexibility index (Phi) is 6.12. The van der Waals surface area contributed by atoms with Crippen LogP contribution < -0.4 is 10.0 Å². The summed E-state index contributed by atoms with van der Waals surface area (Å²) in [6, 6.07) is 20.7. The molecule has 0 fully saturated rings. The summed E-state index contributed by atoms with van der Waals surface area (Å²) in [4.78, 5) is 12.8. The van der Waals surface area contributed by atoms with E-state index in [-0.39, 0.29) is 21.8 Å². The number of sulfonamides is 1. The van der Waals surface area contributed by atoms with Crippen LogP contribution in [-0.4, -0.2) is 24.1 Å². The number of nitrogens with one attached hydrogen (secondary N) is 2. The first-order chi connectivity index (χ1) is 16.1. The van der Waals surface area contributed by atoms with Gasteiger partial charge < -0.3 is 5.32 Å². The van der Waals surface area contributed by atoms with E-state index in [0.717, 1.165) is 10.7 Å². The molecule has 1 aromatic heterocycles. The van der Waals surface area contributed by atoms with Gasteiger partial charge >= 0.3 is 6.18 Å². The maximum atomic E-state index is 12.8. The fourth-order valence-electron chi connectivity index (χ4n) is 3.06. The molecule has 1 amide bonds. The number of carbonyl (C=O) groups excluding carboxylic acids is 1. The number of alkyl halides is 3. The van der Waals surface area contributed by atoms with Crippen molar-refractivity contribution in [2.45, 2.75) is 11.1 Å². The lowest BCUT2D eigenvalue weighted by Gasteiger charge is -2.14. The van der Waals surface area contributed by atoms with E-state index in [2.05, 4.69) is 15.1 Å². The first kappa shape index (κ1) is 23.1. The first-order valence-electron chi connectivity index (χ1n) is 9.85. The molecule has 174 valence electrons. The van der Waals surface area contributed by atoms with Gasteiger partial charge in [-0.1, -0.05) is 30.3 Å². The van der Waals surface area contributed by atoms with Gasteiger partial charge in [-0.15, -0.1) is 0 Å². The normalized spacial score (nSPS) is 11.7. The molecule has 0 bridgehead atoms. The number of rotatable bonds is 6. The molecule has 0 aliphatic rings. The van der Waals surface area contributed by atoms with Crippen LogP contribution in [0.4, 0.5) is 24.5 Å². The summed E-state index contributed by atoms with van der Waals surface area (Å²) in [7, 11) is -3.87. The van der Waals surface area contributed by atoms with Gasteiger partial charge in [-0.05, 0) is 54.6 Å². The number of halogens is 3. The van der Waals surface area contributed by atoms with E-state index in [9.17, 15) is 26.4 Å². The number of hydrogen-bond acceptors (Lipinski definition) is 4. The van der Waals surface area contributed by atoms with Crippen LogP contribution in [-0.2, 0) is 16.2 Å². The van der Waals surface area contributed by atoms with Crippen molar-refractivity contribution in [2.75, 3.05) is 10.0 Å². The second kappa shape index (κ2) is 9.02. The molecule has 7 nitrogen and oxygen atoms in total. The van der Waals surface area contributed by atoms with Crippen LogP contribution in [0.2, 0.25) is 0 Å². The Hall–Kier alpha value is -4.12. The molecule has 0 aliphatic heterocycles.